The lowest BCUT2D eigenvalue weighted by molar-refractivity contribution is 0.671. The lowest BCUT2D eigenvalue weighted by Crippen LogP contribution is -2.09. The van der Waals surface area contributed by atoms with Crippen molar-refractivity contribution in [2.45, 2.75) is 0 Å². The summed E-state index contributed by atoms with van der Waals surface area (Å²) in [4.78, 5) is 0.925. The molecule has 0 bridgehead atoms. The standard InChI is InChI=1S/C64H42N2O/c1-2-14-46(15-3-1)55-21-11-23-59-60-24-12-22-56(64(60)67-63(55)59)47-33-39-53(40-34-47)65(52-37-31-45(32-38-52)50-28-27-43-13-4-5-16-48(43)41-50)51-35-29-44(30-36-51)49-17-10-18-54(42-49)66-61-25-8-6-19-57(61)58-20-7-9-26-62(58)66/h1-42H/i1D,2D,3D,4D,5D,11D,12D,13D,14D,15D,16D,21D,22D,23D,24D,27D,28D,31D,32D,33D,34D,37D,38D,39D,40D,41D. The lowest BCUT2D eigenvalue weighted by atomic mass is 9.99. The summed E-state index contributed by atoms with van der Waals surface area (Å²) in [7, 11) is 0. The monoisotopic (exact) mass is 880 g/mol. The summed E-state index contributed by atoms with van der Waals surface area (Å²) >= 11 is 0. The van der Waals surface area contributed by atoms with Crippen LogP contribution in [0.15, 0.2) is 259 Å². The first kappa shape index (κ1) is 20.5. The minimum Gasteiger partial charge on any atom is -0.455 e. The van der Waals surface area contributed by atoms with E-state index in [0.717, 1.165) is 32.4 Å². The number of furan rings is 1. The van der Waals surface area contributed by atoms with Gasteiger partial charge in [0.05, 0.1) is 46.7 Å². The zero-order chi connectivity index (χ0) is 66.9. The largest absolute Gasteiger partial charge is 0.455 e. The van der Waals surface area contributed by atoms with Gasteiger partial charge >= 0.3 is 0 Å². The first-order chi connectivity index (χ1) is 44.1. The van der Waals surface area contributed by atoms with Crippen molar-refractivity contribution in [3.63, 3.8) is 0 Å². The van der Waals surface area contributed by atoms with Crippen molar-refractivity contribution >= 4 is 71.6 Å². The van der Waals surface area contributed by atoms with E-state index in [1.807, 2.05) is 72.8 Å². The van der Waals surface area contributed by atoms with Crippen molar-refractivity contribution in [3.8, 4) is 50.2 Å². The molecule has 0 aliphatic rings. The second-order valence-electron chi connectivity index (χ2n) is 15.3. The van der Waals surface area contributed by atoms with E-state index in [1.165, 1.54) is 12.1 Å². The predicted octanol–water partition coefficient (Wildman–Crippen LogP) is 18.0. The van der Waals surface area contributed by atoms with Gasteiger partial charge in [-0.3, -0.25) is 0 Å². The molecule has 0 aliphatic heterocycles. The van der Waals surface area contributed by atoms with E-state index in [-0.39, 0.29) is 5.69 Å². The molecule has 13 aromatic rings. The van der Waals surface area contributed by atoms with Crippen LogP contribution in [-0.4, -0.2) is 4.57 Å². The number of para-hydroxylation sites is 4. The van der Waals surface area contributed by atoms with Crippen molar-refractivity contribution in [2.75, 3.05) is 4.90 Å². The SMILES string of the molecule is [2H]c1c([2H])c([2H])c(-c2c([2H])c([2H])c([2H])c3c2oc2c(-c4c([2H])c([2H])c(N(c5ccc(-c6cccc(-n7c8ccccc8c8ccccc87)c6)cc5)c5c([2H])c([2H])c(-c6c([2H])c([2H])c7c([2H])c([2H])c([2H])c([2H])c7c6[2H])c([2H])c5[2H])c([2H])c4[2H])c([2H])c([2H])c([2H])c23)c([2H])c1[2H]. The number of nitrogens with zero attached hydrogens (tertiary/aromatic N) is 2. The summed E-state index contributed by atoms with van der Waals surface area (Å²) in [5, 5.41) is 0.0255. The Morgan fingerprint density at radius 3 is 1.58 bits per heavy atom. The van der Waals surface area contributed by atoms with Crippen molar-refractivity contribution in [1.82, 2.24) is 4.57 Å². The van der Waals surface area contributed by atoms with Crippen LogP contribution in [0.3, 0.4) is 0 Å². The Labute approximate surface area is 425 Å². The summed E-state index contributed by atoms with van der Waals surface area (Å²) in [5.41, 5.74) is -2.97. The summed E-state index contributed by atoms with van der Waals surface area (Å²) in [6, 6.07) is 7.04. The molecule has 67 heavy (non-hydrogen) atoms. The van der Waals surface area contributed by atoms with Gasteiger partial charge in [-0.05, 0) is 111 Å². The van der Waals surface area contributed by atoms with Gasteiger partial charge in [0, 0.05) is 55.4 Å². The fourth-order valence-corrected chi connectivity index (χ4v) is 8.36. The van der Waals surface area contributed by atoms with E-state index in [1.54, 1.807) is 12.1 Å². The fraction of sp³-hybridized carbons (Fsp3) is 0. The minimum atomic E-state index is -0.991. The highest BCUT2D eigenvalue weighted by atomic mass is 16.3. The molecule has 0 radical (unpaired) electrons. The zero-order valence-corrected chi connectivity index (χ0v) is 34.5. The number of hydrogen-bond donors (Lipinski definition) is 0. The Bertz CT molecular complexity index is 5410. The maximum absolute atomic E-state index is 9.88. The number of aromatic nitrogens is 1. The third-order valence-electron chi connectivity index (χ3n) is 11.4. The second-order valence-corrected chi connectivity index (χ2v) is 15.3. The van der Waals surface area contributed by atoms with Gasteiger partial charge in [-0.15, -0.1) is 0 Å². The number of rotatable bonds is 8. The van der Waals surface area contributed by atoms with Gasteiger partial charge < -0.3 is 13.9 Å². The van der Waals surface area contributed by atoms with E-state index in [4.69, 9.17) is 26.3 Å². The molecule has 2 aromatic heterocycles. The quantitative estimate of drug-likeness (QED) is 0.152. The normalized spacial score (nSPS) is 17.0. The number of hydrogen-bond acceptors (Lipinski definition) is 2. The van der Waals surface area contributed by atoms with Gasteiger partial charge in [-0.25, -0.2) is 0 Å². The fourth-order valence-electron chi connectivity index (χ4n) is 8.36. The molecule has 0 spiro atoms. The van der Waals surface area contributed by atoms with Gasteiger partial charge in [0.1, 0.15) is 11.2 Å². The highest BCUT2D eigenvalue weighted by molar-refractivity contribution is 6.13. The first-order valence-corrected chi connectivity index (χ1v) is 20.8. The molecule has 11 aromatic carbocycles. The Morgan fingerprint density at radius 1 is 0.358 bits per heavy atom. The maximum Gasteiger partial charge on any atom is 0.143 e. The summed E-state index contributed by atoms with van der Waals surface area (Å²) in [6.45, 7) is 0. The molecule has 3 heteroatoms. The molecule has 2 heterocycles. The topological polar surface area (TPSA) is 21.3 Å². The van der Waals surface area contributed by atoms with Crippen LogP contribution in [0.5, 0.6) is 0 Å². The smallest absolute Gasteiger partial charge is 0.143 e. The molecular formula is C64H42N2O. The molecule has 0 saturated carbocycles. The predicted molar refractivity (Wildman–Crippen MR) is 282 cm³/mol. The Balaban J connectivity index is 1.06. The molecule has 0 fully saturated rings. The van der Waals surface area contributed by atoms with Crippen LogP contribution < -0.4 is 4.90 Å². The van der Waals surface area contributed by atoms with E-state index in [0.29, 0.717) is 11.1 Å². The van der Waals surface area contributed by atoms with Gasteiger partial charge in [-0.1, -0.05) is 188 Å². The molecule has 314 valence electrons. The van der Waals surface area contributed by atoms with E-state index in [2.05, 4.69) is 4.57 Å². The Morgan fingerprint density at radius 2 is 0.925 bits per heavy atom. The third kappa shape index (κ3) is 6.67. The lowest BCUT2D eigenvalue weighted by Gasteiger charge is -2.26. The summed E-state index contributed by atoms with van der Waals surface area (Å²) in [5.74, 6) is 0. The van der Waals surface area contributed by atoms with Crippen molar-refractivity contribution in [3.05, 3.63) is 254 Å². The van der Waals surface area contributed by atoms with Crippen LogP contribution in [0.25, 0.3) is 105 Å². The average molecular weight is 881 g/mol. The molecular weight excluding hydrogens is 813 g/mol. The summed E-state index contributed by atoms with van der Waals surface area (Å²) in [6.07, 6.45) is 0. The average Bonchev–Trinajstić information content (AvgIpc) is 1.62. The highest BCUT2D eigenvalue weighted by Crippen LogP contribution is 2.42. The van der Waals surface area contributed by atoms with Gasteiger partial charge in [0.25, 0.3) is 0 Å². The van der Waals surface area contributed by atoms with Crippen molar-refractivity contribution < 1.29 is 40.1 Å². The number of fused-ring (bicyclic) bond motifs is 7. The Kier molecular flexibility index (Phi) is 4.88. The molecule has 0 amide bonds. The molecule has 0 aliphatic carbocycles. The van der Waals surface area contributed by atoms with Crippen LogP contribution in [0.1, 0.15) is 35.6 Å². The van der Waals surface area contributed by atoms with E-state index in [9.17, 15) is 13.7 Å². The number of benzene rings is 11. The molecule has 0 atom stereocenters. The van der Waals surface area contributed by atoms with Crippen molar-refractivity contribution in [2.24, 2.45) is 0 Å². The van der Waals surface area contributed by atoms with Crippen LogP contribution in [0, 0.1) is 0 Å². The van der Waals surface area contributed by atoms with Gasteiger partial charge in [-0.2, -0.15) is 0 Å². The van der Waals surface area contributed by atoms with E-state index < -0.39 is 235 Å². The zero-order valence-electron chi connectivity index (χ0n) is 60.5. The van der Waals surface area contributed by atoms with Gasteiger partial charge in [0.2, 0.25) is 0 Å². The second kappa shape index (κ2) is 16.0. The first-order valence-electron chi connectivity index (χ1n) is 33.8. The summed E-state index contributed by atoms with van der Waals surface area (Å²) < 4.78 is 244. The maximum atomic E-state index is 9.88. The van der Waals surface area contributed by atoms with Crippen LogP contribution in [-0.2, 0) is 0 Å². The van der Waals surface area contributed by atoms with Crippen molar-refractivity contribution in [1.29, 1.82) is 0 Å². The highest BCUT2D eigenvalue weighted by Gasteiger charge is 2.18. The molecule has 13 rings (SSSR count). The van der Waals surface area contributed by atoms with E-state index >= 15 is 0 Å². The van der Waals surface area contributed by atoms with Crippen LogP contribution in [0.2, 0.25) is 0 Å². The minimum absolute atomic E-state index is 0.0923. The Hall–Kier alpha value is -8.92. The van der Waals surface area contributed by atoms with Crippen LogP contribution >= 0.6 is 0 Å². The molecule has 0 N–H and O–H groups in total. The molecule has 3 nitrogen and oxygen atoms in total. The van der Waals surface area contributed by atoms with Crippen LogP contribution in [0.4, 0.5) is 17.1 Å². The van der Waals surface area contributed by atoms with Gasteiger partial charge in [0.15, 0.2) is 0 Å². The molecule has 0 unspecified atom stereocenters. The number of anilines is 3. The third-order valence-corrected chi connectivity index (χ3v) is 11.4. The molecule has 0 saturated heterocycles.